The SMILES string of the molecule is O=C(c1cc(Nc2cc(Cl)cc(Cl)c2)ncn1)N1CCCCC1. The third kappa shape index (κ3) is 4.12. The molecule has 5 nitrogen and oxygen atoms in total. The van der Waals surface area contributed by atoms with Crippen LogP contribution >= 0.6 is 23.2 Å². The molecule has 1 aliphatic rings. The average Bonchev–Trinajstić information content (AvgIpc) is 2.54. The van der Waals surface area contributed by atoms with Gasteiger partial charge in [0.2, 0.25) is 0 Å². The van der Waals surface area contributed by atoms with Crippen molar-refractivity contribution in [3.8, 4) is 0 Å². The van der Waals surface area contributed by atoms with Crippen molar-refractivity contribution >= 4 is 40.6 Å². The van der Waals surface area contributed by atoms with Gasteiger partial charge >= 0.3 is 0 Å². The molecule has 2 heterocycles. The molecule has 1 aromatic heterocycles. The Kier molecular flexibility index (Phi) is 4.98. The topological polar surface area (TPSA) is 58.1 Å². The van der Waals surface area contributed by atoms with E-state index in [-0.39, 0.29) is 5.91 Å². The zero-order chi connectivity index (χ0) is 16.2. The van der Waals surface area contributed by atoms with Gasteiger partial charge in [-0.25, -0.2) is 9.97 Å². The van der Waals surface area contributed by atoms with Gasteiger partial charge in [-0.3, -0.25) is 4.79 Å². The molecule has 7 heteroatoms. The molecule has 0 bridgehead atoms. The van der Waals surface area contributed by atoms with Gasteiger partial charge in [-0.1, -0.05) is 23.2 Å². The van der Waals surface area contributed by atoms with Crippen LogP contribution in [0.1, 0.15) is 29.8 Å². The van der Waals surface area contributed by atoms with E-state index >= 15 is 0 Å². The molecule has 2 aromatic rings. The highest BCUT2D eigenvalue weighted by Gasteiger charge is 2.19. The number of hydrogen-bond donors (Lipinski definition) is 1. The Morgan fingerprint density at radius 1 is 1.00 bits per heavy atom. The van der Waals surface area contributed by atoms with Crippen LogP contribution in [-0.4, -0.2) is 33.9 Å². The minimum Gasteiger partial charge on any atom is -0.340 e. The number of piperidine rings is 1. The molecule has 0 saturated carbocycles. The maximum Gasteiger partial charge on any atom is 0.272 e. The third-order valence-electron chi connectivity index (χ3n) is 3.66. The molecule has 120 valence electrons. The molecule has 1 saturated heterocycles. The molecule has 1 fully saturated rings. The number of aromatic nitrogens is 2. The van der Waals surface area contributed by atoms with Crippen LogP contribution in [0, 0.1) is 0 Å². The van der Waals surface area contributed by atoms with Crippen molar-refractivity contribution < 1.29 is 4.79 Å². The molecule has 0 radical (unpaired) electrons. The van der Waals surface area contributed by atoms with Crippen molar-refractivity contribution in [2.24, 2.45) is 0 Å². The molecule has 0 atom stereocenters. The molecule has 1 aliphatic heterocycles. The molecule has 0 spiro atoms. The van der Waals surface area contributed by atoms with Crippen LogP contribution in [-0.2, 0) is 0 Å². The second-order valence-electron chi connectivity index (χ2n) is 5.42. The van der Waals surface area contributed by atoms with Crippen LogP contribution in [0.15, 0.2) is 30.6 Å². The lowest BCUT2D eigenvalue weighted by Gasteiger charge is -2.26. The van der Waals surface area contributed by atoms with Gasteiger partial charge in [-0.2, -0.15) is 0 Å². The lowest BCUT2D eigenvalue weighted by molar-refractivity contribution is 0.0718. The average molecular weight is 351 g/mol. The van der Waals surface area contributed by atoms with Gasteiger partial charge in [0.05, 0.1) is 0 Å². The molecule has 23 heavy (non-hydrogen) atoms. The monoisotopic (exact) mass is 350 g/mol. The van der Waals surface area contributed by atoms with E-state index in [2.05, 4.69) is 15.3 Å². The van der Waals surface area contributed by atoms with E-state index in [1.165, 1.54) is 12.7 Å². The standard InChI is InChI=1S/C16H16Cl2N4O/c17-11-6-12(18)8-13(7-11)21-15-9-14(19-10-20-15)16(23)22-4-2-1-3-5-22/h6-10H,1-5H2,(H,19,20,21). The minimum absolute atomic E-state index is 0.0562. The van der Waals surface area contributed by atoms with Gasteiger partial charge in [0, 0.05) is 34.9 Å². The van der Waals surface area contributed by atoms with E-state index in [0.717, 1.165) is 25.9 Å². The Hall–Kier alpha value is -1.85. The van der Waals surface area contributed by atoms with E-state index in [9.17, 15) is 4.79 Å². The summed E-state index contributed by atoms with van der Waals surface area (Å²) in [6.07, 6.45) is 4.65. The number of hydrogen-bond acceptors (Lipinski definition) is 4. The van der Waals surface area contributed by atoms with Crippen molar-refractivity contribution in [1.29, 1.82) is 0 Å². The first-order chi connectivity index (χ1) is 11.1. The number of amides is 1. The summed E-state index contributed by atoms with van der Waals surface area (Å²) in [5.74, 6) is 0.470. The van der Waals surface area contributed by atoms with E-state index in [0.29, 0.717) is 27.2 Å². The number of rotatable bonds is 3. The van der Waals surface area contributed by atoms with E-state index in [4.69, 9.17) is 23.2 Å². The zero-order valence-electron chi connectivity index (χ0n) is 12.4. The van der Waals surface area contributed by atoms with Gasteiger partial charge in [0.25, 0.3) is 5.91 Å². The van der Waals surface area contributed by atoms with E-state index in [1.807, 2.05) is 4.90 Å². The highest BCUT2D eigenvalue weighted by Crippen LogP contribution is 2.24. The Balaban J connectivity index is 1.77. The summed E-state index contributed by atoms with van der Waals surface area (Å²) in [5, 5.41) is 4.15. The smallest absolute Gasteiger partial charge is 0.272 e. The molecule has 0 unspecified atom stereocenters. The minimum atomic E-state index is -0.0562. The Morgan fingerprint density at radius 2 is 1.70 bits per heavy atom. The van der Waals surface area contributed by atoms with E-state index in [1.54, 1.807) is 24.3 Å². The van der Waals surface area contributed by atoms with Crippen molar-refractivity contribution in [2.45, 2.75) is 19.3 Å². The third-order valence-corrected chi connectivity index (χ3v) is 4.10. The van der Waals surface area contributed by atoms with Gasteiger partial charge in [-0.15, -0.1) is 0 Å². The summed E-state index contributed by atoms with van der Waals surface area (Å²) in [4.78, 5) is 22.6. The Labute approximate surface area is 144 Å². The fraction of sp³-hybridized carbons (Fsp3) is 0.312. The lowest BCUT2D eigenvalue weighted by atomic mass is 10.1. The van der Waals surface area contributed by atoms with Gasteiger partial charge in [0.1, 0.15) is 17.8 Å². The largest absolute Gasteiger partial charge is 0.340 e. The van der Waals surface area contributed by atoms with Crippen molar-refractivity contribution in [1.82, 2.24) is 14.9 Å². The van der Waals surface area contributed by atoms with E-state index < -0.39 is 0 Å². The number of carbonyl (C=O) groups is 1. The summed E-state index contributed by atoms with van der Waals surface area (Å²) >= 11 is 12.0. The second kappa shape index (κ2) is 7.15. The second-order valence-corrected chi connectivity index (χ2v) is 6.30. The molecule has 1 N–H and O–H groups in total. The number of carbonyl (C=O) groups excluding carboxylic acids is 1. The first-order valence-electron chi connectivity index (χ1n) is 7.46. The van der Waals surface area contributed by atoms with Gasteiger partial charge in [-0.05, 0) is 37.5 Å². The number of benzene rings is 1. The van der Waals surface area contributed by atoms with Crippen LogP contribution in [0.25, 0.3) is 0 Å². The first-order valence-corrected chi connectivity index (χ1v) is 8.22. The zero-order valence-corrected chi connectivity index (χ0v) is 13.9. The molecule has 1 aromatic carbocycles. The number of nitrogens with one attached hydrogen (secondary N) is 1. The summed E-state index contributed by atoms with van der Waals surface area (Å²) in [6.45, 7) is 1.57. The molecular weight excluding hydrogens is 335 g/mol. The highest BCUT2D eigenvalue weighted by molar-refractivity contribution is 6.35. The fourth-order valence-electron chi connectivity index (χ4n) is 2.58. The predicted molar refractivity (Wildman–Crippen MR) is 91.5 cm³/mol. The van der Waals surface area contributed by atoms with Crippen molar-refractivity contribution in [3.05, 3.63) is 46.3 Å². The van der Waals surface area contributed by atoms with Crippen LogP contribution in [0.3, 0.4) is 0 Å². The Morgan fingerprint density at radius 3 is 2.39 bits per heavy atom. The van der Waals surface area contributed by atoms with Crippen LogP contribution in [0.5, 0.6) is 0 Å². The summed E-state index contributed by atoms with van der Waals surface area (Å²) in [6, 6.07) is 6.77. The summed E-state index contributed by atoms with van der Waals surface area (Å²) < 4.78 is 0. The lowest BCUT2D eigenvalue weighted by Crippen LogP contribution is -2.36. The summed E-state index contributed by atoms with van der Waals surface area (Å²) in [7, 11) is 0. The quantitative estimate of drug-likeness (QED) is 0.902. The molecule has 1 amide bonds. The Bertz CT molecular complexity index is 697. The maximum absolute atomic E-state index is 12.5. The number of anilines is 2. The normalized spacial score (nSPS) is 14.6. The predicted octanol–water partition coefficient (Wildman–Crippen LogP) is 4.15. The van der Waals surface area contributed by atoms with Crippen molar-refractivity contribution in [3.63, 3.8) is 0 Å². The highest BCUT2D eigenvalue weighted by atomic mass is 35.5. The molecule has 0 aliphatic carbocycles. The van der Waals surface area contributed by atoms with Gasteiger partial charge in [0.15, 0.2) is 0 Å². The number of likely N-dealkylation sites (tertiary alicyclic amines) is 1. The van der Waals surface area contributed by atoms with Crippen LogP contribution in [0.2, 0.25) is 10.0 Å². The first kappa shape index (κ1) is 16.0. The number of nitrogens with zero attached hydrogens (tertiary/aromatic N) is 3. The molecule has 3 rings (SSSR count). The van der Waals surface area contributed by atoms with Crippen molar-refractivity contribution in [2.75, 3.05) is 18.4 Å². The fourth-order valence-corrected chi connectivity index (χ4v) is 3.10. The summed E-state index contributed by atoms with van der Waals surface area (Å²) in [5.41, 5.74) is 1.09. The molecular formula is C16H16Cl2N4O. The maximum atomic E-state index is 12.5. The van der Waals surface area contributed by atoms with Crippen LogP contribution < -0.4 is 5.32 Å². The van der Waals surface area contributed by atoms with Crippen LogP contribution in [0.4, 0.5) is 11.5 Å². The number of halogens is 2. The van der Waals surface area contributed by atoms with Gasteiger partial charge < -0.3 is 10.2 Å².